The molecule has 0 spiro atoms. The summed E-state index contributed by atoms with van der Waals surface area (Å²) in [6, 6.07) is 23.5. The van der Waals surface area contributed by atoms with Gasteiger partial charge in [0.25, 0.3) is 5.65 Å². The third-order valence-electron chi connectivity index (χ3n) is 5.45. The first kappa shape index (κ1) is 13.8. The fourth-order valence-electron chi connectivity index (χ4n) is 4.38. The predicted octanol–water partition coefficient (Wildman–Crippen LogP) is 3.83. The number of hydrogen-bond donors (Lipinski definition) is 0. The molecule has 4 heteroatoms. The van der Waals surface area contributed by atoms with Crippen molar-refractivity contribution < 1.29 is 4.57 Å². The van der Waals surface area contributed by atoms with Gasteiger partial charge in [-0.1, -0.05) is 30.3 Å². The molecule has 0 saturated heterocycles. The molecule has 1 aliphatic heterocycles. The van der Waals surface area contributed by atoms with E-state index in [4.69, 9.17) is 0 Å². The van der Waals surface area contributed by atoms with Crippen molar-refractivity contribution in [2.24, 2.45) is 7.05 Å². The van der Waals surface area contributed by atoms with Crippen LogP contribution >= 0.6 is 0 Å². The largest absolute Gasteiger partial charge is 0.270 e. The number of aryl methyl sites for hydroxylation is 1. The summed E-state index contributed by atoms with van der Waals surface area (Å²) in [6.45, 7) is 0.812. The smallest absolute Gasteiger partial charge is 0.259 e. The second kappa shape index (κ2) is 4.82. The van der Waals surface area contributed by atoms with Gasteiger partial charge in [0.05, 0.1) is 23.7 Å². The van der Waals surface area contributed by atoms with Crippen molar-refractivity contribution >= 4 is 22.1 Å². The third kappa shape index (κ3) is 1.59. The first-order valence-electron chi connectivity index (χ1n) is 8.86. The number of imidazole rings is 1. The number of aromatic nitrogens is 4. The molecule has 0 amide bonds. The van der Waals surface area contributed by atoms with Crippen LogP contribution in [0.4, 0.5) is 0 Å². The van der Waals surface area contributed by atoms with Crippen LogP contribution < -0.4 is 4.57 Å². The number of benzene rings is 2. The van der Waals surface area contributed by atoms with Crippen LogP contribution in [0.25, 0.3) is 39.1 Å². The molecule has 0 bridgehead atoms. The molecule has 26 heavy (non-hydrogen) atoms. The van der Waals surface area contributed by atoms with Crippen molar-refractivity contribution in [1.82, 2.24) is 14.1 Å². The van der Waals surface area contributed by atoms with Gasteiger partial charge >= 0.3 is 0 Å². The van der Waals surface area contributed by atoms with Crippen molar-refractivity contribution in [2.45, 2.75) is 6.54 Å². The highest BCUT2D eigenvalue weighted by Gasteiger charge is 2.36. The zero-order chi connectivity index (χ0) is 17.3. The topological polar surface area (TPSA) is 26.6 Å². The van der Waals surface area contributed by atoms with Crippen LogP contribution in [0.1, 0.15) is 5.69 Å². The molecule has 0 fully saturated rings. The van der Waals surface area contributed by atoms with E-state index in [0.29, 0.717) is 0 Å². The Morgan fingerprint density at radius 2 is 1.73 bits per heavy atom. The van der Waals surface area contributed by atoms with Gasteiger partial charge in [-0.3, -0.25) is 9.55 Å². The van der Waals surface area contributed by atoms with E-state index < -0.39 is 0 Å². The third-order valence-corrected chi connectivity index (χ3v) is 5.45. The predicted molar refractivity (Wildman–Crippen MR) is 102 cm³/mol. The van der Waals surface area contributed by atoms with Gasteiger partial charge in [-0.05, 0) is 36.4 Å². The first-order chi connectivity index (χ1) is 12.8. The van der Waals surface area contributed by atoms with Crippen LogP contribution in [-0.2, 0) is 13.6 Å². The molecule has 0 radical (unpaired) electrons. The molecule has 1 aliphatic rings. The molecule has 6 rings (SSSR count). The molecular formula is C22H17N4+. The van der Waals surface area contributed by atoms with Gasteiger partial charge < -0.3 is 0 Å². The normalized spacial score (nSPS) is 12.7. The summed E-state index contributed by atoms with van der Waals surface area (Å²) in [4.78, 5) is 4.63. The molecule has 0 N–H and O–H groups in total. The van der Waals surface area contributed by atoms with Crippen molar-refractivity contribution in [3.05, 3.63) is 78.6 Å². The Hall–Kier alpha value is -3.40. The summed E-state index contributed by atoms with van der Waals surface area (Å²) in [5, 5.41) is 1.28. The van der Waals surface area contributed by atoms with Crippen molar-refractivity contribution in [1.29, 1.82) is 0 Å². The monoisotopic (exact) mass is 337 g/mol. The van der Waals surface area contributed by atoms with Gasteiger partial charge in [-0.25, -0.2) is 9.13 Å². The molecule has 0 aliphatic carbocycles. The zero-order valence-corrected chi connectivity index (χ0v) is 14.4. The molecule has 2 aromatic carbocycles. The number of pyridine rings is 1. The summed E-state index contributed by atoms with van der Waals surface area (Å²) in [5.41, 5.74) is 7.29. The first-order valence-corrected chi connectivity index (χ1v) is 8.86. The van der Waals surface area contributed by atoms with Crippen LogP contribution in [0.2, 0.25) is 0 Å². The number of nitrogens with zero attached hydrogens (tertiary/aromatic N) is 4. The van der Waals surface area contributed by atoms with Crippen LogP contribution in [-0.4, -0.2) is 14.1 Å². The Morgan fingerprint density at radius 1 is 0.923 bits per heavy atom. The van der Waals surface area contributed by atoms with Gasteiger partial charge in [0.15, 0.2) is 5.52 Å². The minimum Gasteiger partial charge on any atom is -0.259 e. The molecule has 0 atom stereocenters. The molecule has 0 saturated carbocycles. The average Bonchev–Trinajstić information content (AvgIpc) is 3.31. The molecule has 3 aromatic heterocycles. The van der Waals surface area contributed by atoms with E-state index in [0.717, 1.165) is 12.2 Å². The fourth-order valence-corrected chi connectivity index (χ4v) is 4.38. The molecule has 124 valence electrons. The maximum absolute atomic E-state index is 4.63. The van der Waals surface area contributed by atoms with Crippen LogP contribution in [0.3, 0.4) is 0 Å². The van der Waals surface area contributed by atoms with Gasteiger partial charge in [0.2, 0.25) is 5.82 Å². The lowest BCUT2D eigenvalue weighted by atomic mass is 10.2. The number of rotatable bonds is 1. The number of para-hydroxylation sites is 2. The van der Waals surface area contributed by atoms with Crippen LogP contribution in [0, 0.1) is 0 Å². The van der Waals surface area contributed by atoms with E-state index in [9.17, 15) is 0 Å². The van der Waals surface area contributed by atoms with Gasteiger partial charge in [-0.2, -0.15) is 0 Å². The summed E-state index contributed by atoms with van der Waals surface area (Å²) in [5.74, 6) is 1.21. The van der Waals surface area contributed by atoms with E-state index >= 15 is 0 Å². The summed E-state index contributed by atoms with van der Waals surface area (Å²) in [7, 11) is 2.16. The SMILES string of the molecule is Cn1c2ccccc2c2c1[n+]1c(n2-c2ccccc2)-c2cccnc2C1. The minimum atomic E-state index is 0.812. The van der Waals surface area contributed by atoms with E-state index in [1.165, 1.54) is 39.1 Å². The maximum Gasteiger partial charge on any atom is 0.270 e. The van der Waals surface area contributed by atoms with Gasteiger partial charge in [0.1, 0.15) is 17.7 Å². The average molecular weight is 337 g/mol. The molecule has 0 unspecified atom stereocenters. The lowest BCUT2D eigenvalue weighted by Crippen LogP contribution is -2.33. The van der Waals surface area contributed by atoms with E-state index in [-0.39, 0.29) is 0 Å². The molecule has 4 heterocycles. The van der Waals surface area contributed by atoms with E-state index in [1.54, 1.807) is 0 Å². The quantitative estimate of drug-likeness (QED) is 0.419. The molecule has 5 aromatic rings. The highest BCUT2D eigenvalue weighted by atomic mass is 15.3. The van der Waals surface area contributed by atoms with E-state index in [1.807, 2.05) is 12.3 Å². The van der Waals surface area contributed by atoms with Crippen LogP contribution in [0.15, 0.2) is 72.9 Å². The van der Waals surface area contributed by atoms with Crippen LogP contribution in [0.5, 0.6) is 0 Å². The summed E-state index contributed by atoms with van der Waals surface area (Å²) in [6.07, 6.45) is 1.89. The highest BCUT2D eigenvalue weighted by Crippen LogP contribution is 2.37. The maximum atomic E-state index is 4.63. The highest BCUT2D eigenvalue weighted by molar-refractivity contribution is 6.05. The molecular weight excluding hydrogens is 320 g/mol. The summed E-state index contributed by atoms with van der Waals surface area (Å²) >= 11 is 0. The van der Waals surface area contributed by atoms with Gasteiger partial charge in [0, 0.05) is 6.20 Å². The minimum absolute atomic E-state index is 0.812. The number of hydrogen-bond acceptors (Lipinski definition) is 1. The lowest BCUT2D eigenvalue weighted by molar-refractivity contribution is -0.648. The zero-order valence-electron chi connectivity index (χ0n) is 14.4. The standard InChI is InChI=1S/C22H17N4/c1-24-19-12-6-5-10-17(19)20-22(24)25-14-18-16(11-7-13-23-18)21(25)26(20)15-8-3-2-4-9-15/h2-13H,14H2,1H3/q+1. The lowest BCUT2D eigenvalue weighted by Gasteiger charge is -2.04. The second-order valence-corrected chi connectivity index (χ2v) is 6.83. The Kier molecular flexibility index (Phi) is 2.57. The number of fused-ring (bicyclic) bond motifs is 7. The summed E-state index contributed by atoms with van der Waals surface area (Å²) < 4.78 is 7.10. The Bertz CT molecular complexity index is 1310. The van der Waals surface area contributed by atoms with Crippen molar-refractivity contribution in [2.75, 3.05) is 0 Å². The Morgan fingerprint density at radius 3 is 2.62 bits per heavy atom. The fraction of sp³-hybridized carbons (Fsp3) is 0.0909. The Labute approximate surface area is 150 Å². The van der Waals surface area contributed by atoms with E-state index in [2.05, 4.69) is 86.4 Å². The van der Waals surface area contributed by atoms with Crippen molar-refractivity contribution in [3.8, 4) is 17.1 Å². The Balaban J connectivity index is 1.87. The van der Waals surface area contributed by atoms with Crippen molar-refractivity contribution in [3.63, 3.8) is 0 Å². The van der Waals surface area contributed by atoms with Gasteiger partial charge in [-0.15, -0.1) is 0 Å². The second-order valence-electron chi connectivity index (χ2n) is 6.83. The molecule has 4 nitrogen and oxygen atoms in total.